The van der Waals surface area contributed by atoms with Gasteiger partial charge in [-0.05, 0) is 92.2 Å². The van der Waals surface area contributed by atoms with E-state index in [9.17, 15) is 19.5 Å². The van der Waals surface area contributed by atoms with E-state index in [4.69, 9.17) is 0 Å². The largest absolute Gasteiger partial charge is 0.388 e. The Morgan fingerprint density at radius 1 is 1.11 bits per heavy atom. The number of thiophene rings is 1. The lowest BCUT2D eigenvalue weighted by Crippen LogP contribution is -2.48. The molecule has 1 aliphatic heterocycles. The molecule has 3 aromatic rings. The van der Waals surface area contributed by atoms with Gasteiger partial charge in [0.05, 0.1) is 16.7 Å². The number of carbonyl (C=O) groups excluding carboxylic acids is 3. The Kier molecular flexibility index (Phi) is 9.57. The van der Waals surface area contributed by atoms with E-state index in [0.717, 1.165) is 58.5 Å². The third-order valence-electron chi connectivity index (χ3n) is 8.63. The van der Waals surface area contributed by atoms with Crippen molar-refractivity contribution in [3.63, 3.8) is 0 Å². The highest BCUT2D eigenvalue weighted by atomic mass is 32.1. The second-order valence-corrected chi connectivity index (χ2v) is 13.0. The summed E-state index contributed by atoms with van der Waals surface area (Å²) in [6, 6.07) is 14.8. The van der Waals surface area contributed by atoms with Crippen LogP contribution in [0.25, 0.3) is 5.57 Å². The summed E-state index contributed by atoms with van der Waals surface area (Å²) in [4.78, 5) is 45.8. The number of aliphatic hydroxyl groups is 1. The van der Waals surface area contributed by atoms with Gasteiger partial charge < -0.3 is 25.5 Å². The molecular formula is C35H41N5O4S. The fourth-order valence-corrected chi connectivity index (χ4v) is 7.11. The van der Waals surface area contributed by atoms with Crippen molar-refractivity contribution in [3.8, 4) is 0 Å². The van der Waals surface area contributed by atoms with Gasteiger partial charge >= 0.3 is 0 Å². The van der Waals surface area contributed by atoms with E-state index >= 15 is 0 Å². The Morgan fingerprint density at radius 2 is 1.84 bits per heavy atom. The number of hydrogen-bond acceptors (Lipinski definition) is 7. The molecule has 1 aliphatic carbocycles. The summed E-state index contributed by atoms with van der Waals surface area (Å²) in [5, 5.41) is 16.4. The maximum absolute atomic E-state index is 13.2. The number of amides is 3. The van der Waals surface area contributed by atoms with Gasteiger partial charge in [-0.2, -0.15) is 0 Å². The fraction of sp³-hybridized carbons (Fsp3) is 0.343. The van der Waals surface area contributed by atoms with Crippen molar-refractivity contribution in [2.24, 2.45) is 0 Å². The van der Waals surface area contributed by atoms with Gasteiger partial charge in [-0.3, -0.25) is 19.3 Å². The SMILES string of the molecule is C=C(Nc1ccc(C2C(=O)N(C)CCN2C)cc1)C(=O)N(C)/C=C(\C)c1cccc(NC(=O)c2cc3c(s2)C(O)CCC3)c1C. The molecule has 1 saturated heterocycles. The summed E-state index contributed by atoms with van der Waals surface area (Å²) < 4.78 is 0. The summed E-state index contributed by atoms with van der Waals surface area (Å²) in [6.07, 6.45) is 3.79. The number of nitrogens with zero attached hydrogens (tertiary/aromatic N) is 3. The van der Waals surface area contributed by atoms with Crippen LogP contribution in [0.15, 0.2) is 67.0 Å². The van der Waals surface area contributed by atoms with Crippen LogP contribution in [-0.2, 0) is 16.0 Å². The molecule has 2 aromatic carbocycles. The molecule has 0 spiro atoms. The number of nitrogens with one attached hydrogen (secondary N) is 2. The van der Waals surface area contributed by atoms with Gasteiger partial charge in [0.25, 0.3) is 11.8 Å². The van der Waals surface area contributed by atoms with Gasteiger partial charge in [0, 0.05) is 49.6 Å². The summed E-state index contributed by atoms with van der Waals surface area (Å²) in [5.74, 6) is -0.429. The van der Waals surface area contributed by atoms with E-state index in [-0.39, 0.29) is 29.5 Å². The first-order chi connectivity index (χ1) is 21.4. The third kappa shape index (κ3) is 6.88. The lowest BCUT2D eigenvalue weighted by Gasteiger charge is -2.37. The van der Waals surface area contributed by atoms with Crippen molar-refractivity contribution >= 4 is 46.0 Å². The molecule has 0 radical (unpaired) electrons. The molecule has 2 aliphatic rings. The molecule has 236 valence electrons. The maximum atomic E-state index is 13.2. The maximum Gasteiger partial charge on any atom is 0.273 e. The number of aryl methyl sites for hydroxylation is 1. The highest BCUT2D eigenvalue weighted by Crippen LogP contribution is 2.37. The van der Waals surface area contributed by atoms with E-state index < -0.39 is 6.10 Å². The number of fused-ring (bicyclic) bond motifs is 1. The van der Waals surface area contributed by atoms with Crippen LogP contribution in [0, 0.1) is 6.92 Å². The van der Waals surface area contributed by atoms with Crippen LogP contribution < -0.4 is 10.6 Å². The molecule has 2 atom stereocenters. The lowest BCUT2D eigenvalue weighted by molar-refractivity contribution is -0.139. The Hall–Kier alpha value is -4.25. The molecule has 1 aromatic heterocycles. The Morgan fingerprint density at radius 3 is 2.56 bits per heavy atom. The fourth-order valence-electron chi connectivity index (χ4n) is 5.98. The molecule has 2 unspecified atom stereocenters. The highest BCUT2D eigenvalue weighted by Gasteiger charge is 2.32. The second kappa shape index (κ2) is 13.4. The van der Waals surface area contributed by atoms with Crippen molar-refractivity contribution in [1.29, 1.82) is 0 Å². The van der Waals surface area contributed by atoms with E-state index in [1.807, 2.05) is 81.4 Å². The standard InChI is InChI=1S/C35H41N5O4S/c1-21(27-10-8-11-28(22(27)2)37-33(42)30-19-25-9-7-12-29(41)32(25)45-30)20-40(6)34(43)23(3)36-26-15-13-24(14-16-26)31-35(44)39(5)18-17-38(31)4/h8,10-11,13-16,19-20,29,31,36,41H,3,7,9,12,17-18H2,1-2,4-6H3,(H,37,42)/b21-20+. The van der Waals surface area contributed by atoms with Crippen LogP contribution in [-0.4, -0.2) is 71.8 Å². The first kappa shape index (κ1) is 32.2. The second-order valence-electron chi connectivity index (χ2n) is 11.9. The van der Waals surface area contributed by atoms with Crippen molar-refractivity contribution < 1.29 is 19.5 Å². The monoisotopic (exact) mass is 627 g/mol. The third-order valence-corrected chi connectivity index (χ3v) is 9.90. The van der Waals surface area contributed by atoms with E-state index in [0.29, 0.717) is 22.8 Å². The van der Waals surface area contributed by atoms with Crippen LogP contribution in [0.4, 0.5) is 11.4 Å². The van der Waals surface area contributed by atoms with Gasteiger partial charge in [-0.15, -0.1) is 11.3 Å². The van der Waals surface area contributed by atoms with Crippen molar-refractivity contribution in [2.75, 3.05) is 44.9 Å². The summed E-state index contributed by atoms with van der Waals surface area (Å²) in [7, 11) is 5.45. The highest BCUT2D eigenvalue weighted by molar-refractivity contribution is 7.14. The first-order valence-corrected chi connectivity index (χ1v) is 15.9. The molecule has 0 bridgehead atoms. The van der Waals surface area contributed by atoms with Gasteiger partial charge in [0.15, 0.2) is 0 Å². The Bertz CT molecular complexity index is 1660. The van der Waals surface area contributed by atoms with Gasteiger partial charge in [0.2, 0.25) is 5.91 Å². The van der Waals surface area contributed by atoms with Gasteiger partial charge in [0.1, 0.15) is 6.04 Å². The van der Waals surface area contributed by atoms with E-state index in [2.05, 4.69) is 17.2 Å². The zero-order chi connectivity index (χ0) is 32.4. The minimum Gasteiger partial charge on any atom is -0.388 e. The average Bonchev–Trinajstić information content (AvgIpc) is 3.47. The molecular weight excluding hydrogens is 586 g/mol. The molecule has 2 heterocycles. The number of likely N-dealkylation sites (N-methyl/N-ethyl adjacent to an activating group) is 3. The van der Waals surface area contributed by atoms with Crippen LogP contribution in [0.2, 0.25) is 0 Å². The van der Waals surface area contributed by atoms with Crippen molar-refractivity contribution in [1.82, 2.24) is 14.7 Å². The van der Waals surface area contributed by atoms with Gasteiger partial charge in [-0.25, -0.2) is 0 Å². The van der Waals surface area contributed by atoms with Crippen LogP contribution in [0.1, 0.15) is 68.7 Å². The number of hydrogen-bond donors (Lipinski definition) is 3. The quantitative estimate of drug-likeness (QED) is 0.282. The number of rotatable bonds is 8. The molecule has 5 rings (SSSR count). The van der Waals surface area contributed by atoms with Crippen LogP contribution in [0.3, 0.4) is 0 Å². The van der Waals surface area contributed by atoms with Crippen molar-refractivity contribution in [2.45, 2.75) is 45.3 Å². The molecule has 0 saturated carbocycles. The lowest BCUT2D eigenvalue weighted by atomic mass is 9.97. The topological polar surface area (TPSA) is 105 Å². The average molecular weight is 628 g/mol. The molecule has 3 N–H and O–H groups in total. The predicted octanol–water partition coefficient (Wildman–Crippen LogP) is 5.57. The summed E-state index contributed by atoms with van der Waals surface area (Å²) >= 11 is 1.36. The first-order valence-electron chi connectivity index (χ1n) is 15.1. The number of benzene rings is 2. The van der Waals surface area contributed by atoms with Crippen molar-refractivity contribution in [3.05, 3.63) is 99.0 Å². The minimum atomic E-state index is -0.493. The number of piperazine rings is 1. The predicted molar refractivity (Wildman–Crippen MR) is 180 cm³/mol. The van der Waals surface area contributed by atoms with Crippen LogP contribution in [0.5, 0.6) is 0 Å². The molecule has 1 fully saturated rings. The van der Waals surface area contributed by atoms with Gasteiger partial charge in [-0.1, -0.05) is 30.8 Å². The zero-order valence-electron chi connectivity index (χ0n) is 26.5. The van der Waals surface area contributed by atoms with E-state index in [1.165, 1.54) is 16.2 Å². The molecule has 10 heteroatoms. The smallest absolute Gasteiger partial charge is 0.273 e. The zero-order valence-corrected chi connectivity index (χ0v) is 27.3. The van der Waals surface area contributed by atoms with E-state index in [1.54, 1.807) is 18.1 Å². The Labute approximate surface area is 268 Å². The number of allylic oxidation sites excluding steroid dienone is 1. The number of anilines is 2. The summed E-state index contributed by atoms with van der Waals surface area (Å²) in [6.45, 7) is 9.33. The normalized spacial score (nSPS) is 18.8. The summed E-state index contributed by atoms with van der Waals surface area (Å²) in [5.41, 5.74) is 6.18. The molecule has 45 heavy (non-hydrogen) atoms. The Balaban J connectivity index is 1.23. The molecule has 3 amide bonds. The molecule has 9 nitrogen and oxygen atoms in total. The minimum absolute atomic E-state index is 0.0672. The number of aliphatic hydroxyl groups excluding tert-OH is 1. The van der Waals surface area contributed by atoms with Crippen LogP contribution >= 0.6 is 11.3 Å². The number of carbonyl (C=O) groups is 3.